The third kappa shape index (κ3) is 4.38. The number of likely N-dealkylation sites (tertiary alicyclic amines) is 1. The Bertz CT molecular complexity index is 1030. The molecular formula is C23H25FN4O. The summed E-state index contributed by atoms with van der Waals surface area (Å²) in [4.78, 5) is 13.9. The highest BCUT2D eigenvalue weighted by Crippen LogP contribution is 2.27. The number of rotatable bonds is 5. The highest BCUT2D eigenvalue weighted by Gasteiger charge is 2.25. The average molecular weight is 392 g/mol. The molecule has 6 heteroatoms. The van der Waals surface area contributed by atoms with E-state index in [-0.39, 0.29) is 17.6 Å². The van der Waals surface area contributed by atoms with Gasteiger partial charge in [-0.05, 0) is 56.1 Å². The number of halogens is 1. The van der Waals surface area contributed by atoms with Gasteiger partial charge in [0.15, 0.2) is 0 Å². The highest BCUT2D eigenvalue weighted by atomic mass is 19.1. The molecule has 4 rings (SSSR count). The second-order valence-electron chi connectivity index (χ2n) is 7.77. The zero-order valence-corrected chi connectivity index (χ0v) is 16.5. The van der Waals surface area contributed by atoms with E-state index in [0.29, 0.717) is 13.1 Å². The molecule has 3 aromatic rings. The zero-order chi connectivity index (χ0) is 20.4. The van der Waals surface area contributed by atoms with Crippen molar-refractivity contribution < 1.29 is 9.18 Å². The molecule has 1 fully saturated rings. The monoisotopic (exact) mass is 392 g/mol. The number of aromatic nitrogens is 2. The summed E-state index contributed by atoms with van der Waals surface area (Å²) in [6, 6.07) is 14.6. The van der Waals surface area contributed by atoms with Gasteiger partial charge in [-0.3, -0.25) is 9.69 Å². The second kappa shape index (κ2) is 8.17. The van der Waals surface area contributed by atoms with Crippen LogP contribution in [0.4, 0.5) is 4.39 Å². The van der Waals surface area contributed by atoms with Crippen LogP contribution in [0.3, 0.4) is 0 Å². The number of benzene rings is 2. The number of primary amides is 1. The molecule has 0 radical (unpaired) electrons. The van der Waals surface area contributed by atoms with Crippen molar-refractivity contribution in [2.75, 3.05) is 13.1 Å². The summed E-state index contributed by atoms with van der Waals surface area (Å²) in [5.74, 6) is -0.644. The average Bonchev–Trinajstić information content (AvgIpc) is 3.12. The number of nitrogens with two attached hydrogens (primary N) is 1. The summed E-state index contributed by atoms with van der Waals surface area (Å²) in [5.41, 5.74) is 10.1. The molecule has 2 N–H and O–H groups in total. The first-order chi connectivity index (χ1) is 14.0. The van der Waals surface area contributed by atoms with Crippen molar-refractivity contribution in [3.8, 4) is 16.9 Å². The van der Waals surface area contributed by atoms with Crippen LogP contribution in [-0.2, 0) is 11.3 Å². The van der Waals surface area contributed by atoms with Crippen LogP contribution in [0.2, 0.25) is 0 Å². The van der Waals surface area contributed by atoms with Crippen LogP contribution in [0.15, 0.2) is 54.7 Å². The Morgan fingerprint density at radius 3 is 2.83 bits per heavy atom. The number of carbonyl (C=O) groups excluding carboxylic acids is 1. The summed E-state index contributed by atoms with van der Waals surface area (Å²) in [7, 11) is 0. The molecule has 1 aliphatic rings. The molecule has 2 heterocycles. The van der Waals surface area contributed by atoms with E-state index in [1.165, 1.54) is 12.1 Å². The molecular weight excluding hydrogens is 367 g/mol. The second-order valence-corrected chi connectivity index (χ2v) is 7.77. The largest absolute Gasteiger partial charge is 0.369 e. The Morgan fingerprint density at radius 2 is 2.07 bits per heavy atom. The molecule has 0 unspecified atom stereocenters. The lowest BCUT2D eigenvalue weighted by atomic mass is 9.97. The van der Waals surface area contributed by atoms with Gasteiger partial charge in [0.05, 0.1) is 17.3 Å². The lowest BCUT2D eigenvalue weighted by Gasteiger charge is -2.30. The van der Waals surface area contributed by atoms with Gasteiger partial charge in [-0.2, -0.15) is 5.10 Å². The van der Waals surface area contributed by atoms with Crippen molar-refractivity contribution in [1.82, 2.24) is 14.7 Å². The number of piperidine rings is 1. The van der Waals surface area contributed by atoms with E-state index >= 15 is 0 Å². The molecule has 1 aromatic heterocycles. The SMILES string of the molecule is Cc1cccc(-n2cc(CN3CCC[C@@H](C(N)=O)C3)c(-c3cccc(F)c3)n2)c1. The molecule has 0 spiro atoms. The van der Waals surface area contributed by atoms with E-state index in [4.69, 9.17) is 10.8 Å². The van der Waals surface area contributed by atoms with Gasteiger partial charge >= 0.3 is 0 Å². The van der Waals surface area contributed by atoms with Gasteiger partial charge < -0.3 is 5.73 Å². The van der Waals surface area contributed by atoms with Crippen LogP contribution in [0.25, 0.3) is 16.9 Å². The van der Waals surface area contributed by atoms with Crippen LogP contribution < -0.4 is 5.73 Å². The van der Waals surface area contributed by atoms with E-state index in [1.807, 2.05) is 42.1 Å². The van der Waals surface area contributed by atoms with Crippen LogP contribution in [0.1, 0.15) is 24.0 Å². The molecule has 0 bridgehead atoms. The van der Waals surface area contributed by atoms with Gasteiger partial charge in [0.2, 0.25) is 5.91 Å². The maximum absolute atomic E-state index is 13.9. The van der Waals surface area contributed by atoms with Crippen LogP contribution in [-0.4, -0.2) is 33.7 Å². The van der Waals surface area contributed by atoms with Crippen molar-refractivity contribution in [2.24, 2.45) is 11.7 Å². The Labute approximate surface area is 169 Å². The minimum atomic E-state index is -0.287. The molecule has 2 aromatic carbocycles. The molecule has 0 saturated carbocycles. The standard InChI is InChI=1S/C23H25FN4O/c1-16-5-2-9-21(11-16)28-15-19(14-27-10-4-7-18(13-27)23(25)29)22(26-28)17-6-3-8-20(24)12-17/h2-3,5-6,8-9,11-12,15,18H,4,7,10,13-14H2,1H3,(H2,25,29)/t18-/m1/s1. The summed E-state index contributed by atoms with van der Waals surface area (Å²) < 4.78 is 15.7. The van der Waals surface area contributed by atoms with Crippen molar-refractivity contribution in [1.29, 1.82) is 0 Å². The Hall–Kier alpha value is -2.99. The van der Waals surface area contributed by atoms with Crippen LogP contribution in [0.5, 0.6) is 0 Å². The van der Waals surface area contributed by atoms with Crippen LogP contribution >= 0.6 is 0 Å². The fraction of sp³-hybridized carbons (Fsp3) is 0.304. The first-order valence-electron chi connectivity index (χ1n) is 9.93. The molecule has 5 nitrogen and oxygen atoms in total. The van der Waals surface area contributed by atoms with Crippen molar-refractivity contribution in [3.05, 3.63) is 71.7 Å². The fourth-order valence-corrected chi connectivity index (χ4v) is 3.98. The van der Waals surface area contributed by atoms with Gasteiger partial charge in [0.25, 0.3) is 0 Å². The molecule has 1 aliphatic heterocycles. The molecule has 29 heavy (non-hydrogen) atoms. The van der Waals surface area contributed by atoms with Crippen molar-refractivity contribution in [2.45, 2.75) is 26.3 Å². The molecule has 150 valence electrons. The molecule has 1 atom stereocenters. The Morgan fingerprint density at radius 1 is 1.24 bits per heavy atom. The zero-order valence-electron chi connectivity index (χ0n) is 16.5. The van der Waals surface area contributed by atoms with E-state index in [2.05, 4.69) is 11.0 Å². The number of aryl methyl sites for hydroxylation is 1. The Kier molecular flexibility index (Phi) is 5.45. The van der Waals surface area contributed by atoms with E-state index in [9.17, 15) is 9.18 Å². The maximum Gasteiger partial charge on any atom is 0.221 e. The Balaban J connectivity index is 1.70. The molecule has 1 saturated heterocycles. The number of hydrogen-bond acceptors (Lipinski definition) is 3. The summed E-state index contributed by atoms with van der Waals surface area (Å²) in [5, 5.41) is 4.78. The first-order valence-corrected chi connectivity index (χ1v) is 9.93. The van der Waals surface area contributed by atoms with Gasteiger partial charge in [-0.15, -0.1) is 0 Å². The predicted molar refractivity (Wildman–Crippen MR) is 111 cm³/mol. The predicted octanol–water partition coefficient (Wildman–Crippen LogP) is 3.68. The van der Waals surface area contributed by atoms with E-state index in [1.54, 1.807) is 6.07 Å². The highest BCUT2D eigenvalue weighted by molar-refractivity contribution is 5.77. The van der Waals surface area contributed by atoms with Crippen molar-refractivity contribution in [3.63, 3.8) is 0 Å². The van der Waals surface area contributed by atoms with Gasteiger partial charge in [0, 0.05) is 30.4 Å². The van der Waals surface area contributed by atoms with Gasteiger partial charge in [-0.25, -0.2) is 9.07 Å². The lowest BCUT2D eigenvalue weighted by Crippen LogP contribution is -2.40. The lowest BCUT2D eigenvalue weighted by molar-refractivity contribution is -0.123. The molecule has 1 amide bonds. The normalized spacial score (nSPS) is 17.4. The summed E-state index contributed by atoms with van der Waals surface area (Å²) >= 11 is 0. The minimum absolute atomic E-state index is 0.117. The quantitative estimate of drug-likeness (QED) is 0.720. The topological polar surface area (TPSA) is 64.2 Å². The van der Waals surface area contributed by atoms with Gasteiger partial charge in [0.1, 0.15) is 5.82 Å². The smallest absolute Gasteiger partial charge is 0.221 e. The fourth-order valence-electron chi connectivity index (χ4n) is 3.98. The van der Waals surface area contributed by atoms with E-state index in [0.717, 1.165) is 47.5 Å². The van der Waals surface area contributed by atoms with E-state index < -0.39 is 0 Å². The summed E-state index contributed by atoms with van der Waals surface area (Å²) in [6.45, 7) is 4.23. The number of hydrogen-bond donors (Lipinski definition) is 1. The van der Waals surface area contributed by atoms with Crippen molar-refractivity contribution >= 4 is 5.91 Å². The summed E-state index contributed by atoms with van der Waals surface area (Å²) in [6.07, 6.45) is 3.78. The number of amides is 1. The minimum Gasteiger partial charge on any atom is -0.369 e. The first kappa shape index (κ1) is 19.3. The van der Waals surface area contributed by atoms with Crippen LogP contribution in [0, 0.1) is 18.7 Å². The third-order valence-corrected chi connectivity index (χ3v) is 5.46. The maximum atomic E-state index is 13.9. The number of carbonyl (C=O) groups is 1. The third-order valence-electron chi connectivity index (χ3n) is 5.46. The molecule has 0 aliphatic carbocycles. The van der Waals surface area contributed by atoms with Gasteiger partial charge in [-0.1, -0.05) is 24.3 Å². The number of nitrogens with zero attached hydrogens (tertiary/aromatic N) is 3.